The predicted molar refractivity (Wildman–Crippen MR) is 20.6 cm³/mol. The van der Waals surface area contributed by atoms with Crippen LogP contribution in [0.2, 0.25) is 0 Å². The molecule has 0 aromatic rings. The van der Waals surface area contributed by atoms with Crippen molar-refractivity contribution in [1.82, 2.24) is 5.73 Å². The van der Waals surface area contributed by atoms with E-state index >= 15 is 0 Å². The summed E-state index contributed by atoms with van der Waals surface area (Å²) in [6, 6.07) is 0. The summed E-state index contributed by atoms with van der Waals surface area (Å²) in [6.45, 7) is 0. The largest absolute Gasteiger partial charge is 0.369 e. The molecule has 0 rings (SSSR count). The van der Waals surface area contributed by atoms with E-state index in [0.29, 0.717) is 0 Å². The van der Waals surface area contributed by atoms with E-state index in [1.54, 1.807) is 0 Å². The normalized spacial score (nSPS) is 11.8. The fourth-order valence-electron chi connectivity index (χ4n) is 0. The Kier molecular flexibility index (Phi) is 1.35. The first-order valence-electron chi connectivity index (χ1n) is 1.21. The molecule has 3 nitrogen and oxygen atoms in total. The summed E-state index contributed by atoms with van der Waals surface area (Å²) in [4.78, 5) is 3.25. The van der Waals surface area contributed by atoms with E-state index in [1.807, 2.05) is 0 Å². The lowest BCUT2D eigenvalue weighted by Crippen LogP contribution is -2.10. The quantitative estimate of drug-likeness (QED) is 0.296. The van der Waals surface area contributed by atoms with Crippen molar-refractivity contribution in [3.63, 3.8) is 0 Å². The highest BCUT2D eigenvalue weighted by Crippen LogP contribution is 1.44. The van der Waals surface area contributed by atoms with Gasteiger partial charge in [0, 0.05) is 7.05 Å². The highest BCUT2D eigenvalue weighted by atomic mass is 15.0. The van der Waals surface area contributed by atoms with Gasteiger partial charge < -0.3 is 5.73 Å². The van der Waals surface area contributed by atoms with Crippen LogP contribution in [0.15, 0.2) is 4.99 Å². The number of hydrogen-bond donors (Lipinski definition) is 1. The molecule has 3 heteroatoms. The molecule has 0 aliphatic heterocycles. The molecule has 0 bridgehead atoms. The molecule has 0 aromatic carbocycles. The number of nitrogens with two attached hydrogens (primary N) is 1. The zero-order valence-electron chi connectivity index (χ0n) is 3.02. The second-order valence-corrected chi connectivity index (χ2v) is 0.609. The number of aliphatic imine (C=N–C) groups is 1. The molecule has 1 radical (unpaired) electrons. The van der Waals surface area contributed by atoms with Crippen LogP contribution in [-0.2, 0) is 0 Å². The average Bonchev–Trinajstić information content (AvgIpc) is 1.38. The smallest absolute Gasteiger partial charge is 0.207 e. The number of hydrogen-bond acceptors (Lipinski definition) is 1. The lowest BCUT2D eigenvalue weighted by Gasteiger charge is -1.74. The molecule has 29 valence electrons. The minimum Gasteiger partial charge on any atom is -0.369 e. The Morgan fingerprint density at radius 3 is 2.20 bits per heavy atom. The predicted octanol–water partition coefficient (Wildman–Crippen LogP) is -0.786. The molecule has 5 heavy (non-hydrogen) atoms. The van der Waals surface area contributed by atoms with Crippen LogP contribution in [0.1, 0.15) is 0 Å². The van der Waals surface area contributed by atoms with E-state index in [9.17, 15) is 0 Å². The first-order valence-corrected chi connectivity index (χ1v) is 1.21. The van der Waals surface area contributed by atoms with Crippen LogP contribution in [0.3, 0.4) is 0 Å². The van der Waals surface area contributed by atoms with Crippen LogP contribution in [0, 0.1) is 0 Å². The van der Waals surface area contributed by atoms with Gasteiger partial charge in [0.15, 0.2) is 0 Å². The van der Waals surface area contributed by atoms with E-state index in [1.165, 1.54) is 7.05 Å². The van der Waals surface area contributed by atoms with Gasteiger partial charge in [0.2, 0.25) is 5.96 Å². The maximum Gasteiger partial charge on any atom is 0.207 e. The van der Waals surface area contributed by atoms with Crippen molar-refractivity contribution in [1.29, 1.82) is 0 Å². The Labute approximate surface area is 30.7 Å². The summed E-state index contributed by atoms with van der Waals surface area (Å²) < 4.78 is 0. The number of guanidine groups is 1. The van der Waals surface area contributed by atoms with Gasteiger partial charge in [0.1, 0.15) is 0 Å². The topological polar surface area (TPSA) is 62.2 Å². The summed E-state index contributed by atoms with van der Waals surface area (Å²) in [5.74, 6) is -0.120. The Balaban J connectivity index is 3.14. The maximum absolute atomic E-state index is 6.35. The summed E-state index contributed by atoms with van der Waals surface area (Å²) in [6.07, 6.45) is 0. The van der Waals surface area contributed by atoms with Crippen LogP contribution in [0.5, 0.6) is 0 Å². The highest BCUT2D eigenvalue weighted by molar-refractivity contribution is 5.74. The molecule has 0 saturated carbocycles. The number of nitrogens with zero attached hydrogens (tertiary/aromatic N) is 1. The van der Waals surface area contributed by atoms with Crippen LogP contribution in [0.25, 0.3) is 0 Å². The molecular weight excluding hydrogens is 66.0 g/mol. The lowest BCUT2D eigenvalue weighted by molar-refractivity contribution is 1.34. The van der Waals surface area contributed by atoms with Crippen molar-refractivity contribution >= 4 is 5.96 Å². The molecule has 0 aliphatic carbocycles. The molecule has 0 spiro atoms. The second-order valence-electron chi connectivity index (χ2n) is 0.609. The van der Waals surface area contributed by atoms with Gasteiger partial charge in [-0.3, -0.25) is 10.7 Å². The molecule has 0 aromatic heterocycles. The minimum atomic E-state index is -0.120. The van der Waals surface area contributed by atoms with Crippen LogP contribution in [0.4, 0.5) is 0 Å². The molecule has 0 heterocycles. The third-order valence-electron chi connectivity index (χ3n) is 0.241. The molecule has 0 aliphatic rings. The average molecular weight is 72.1 g/mol. The van der Waals surface area contributed by atoms with Gasteiger partial charge in [-0.15, -0.1) is 0 Å². The van der Waals surface area contributed by atoms with Gasteiger partial charge in [0.05, 0.1) is 0 Å². The van der Waals surface area contributed by atoms with Crippen molar-refractivity contribution in [2.75, 3.05) is 7.05 Å². The first-order chi connectivity index (χ1) is 2.27. The van der Waals surface area contributed by atoms with E-state index in [-0.39, 0.29) is 5.96 Å². The maximum atomic E-state index is 6.35. The highest BCUT2D eigenvalue weighted by Gasteiger charge is 1.63. The molecule has 0 amide bonds. The lowest BCUT2D eigenvalue weighted by atomic mass is 11.1. The van der Waals surface area contributed by atoms with Crippen LogP contribution < -0.4 is 11.5 Å². The van der Waals surface area contributed by atoms with Gasteiger partial charge in [-0.2, -0.15) is 0 Å². The molecule has 3 N–H and O–H groups in total. The Hall–Kier alpha value is -0.730. The first kappa shape index (κ1) is 4.27. The van der Waals surface area contributed by atoms with Gasteiger partial charge in [-0.05, 0) is 0 Å². The Morgan fingerprint density at radius 1 is 2.00 bits per heavy atom. The molecule has 0 atom stereocenters. The summed E-state index contributed by atoms with van der Waals surface area (Å²) in [5, 5.41) is 0. The van der Waals surface area contributed by atoms with Crippen molar-refractivity contribution in [3.8, 4) is 0 Å². The monoisotopic (exact) mass is 72.1 g/mol. The van der Waals surface area contributed by atoms with Gasteiger partial charge in [-0.25, -0.2) is 0 Å². The van der Waals surface area contributed by atoms with Gasteiger partial charge >= 0.3 is 0 Å². The van der Waals surface area contributed by atoms with E-state index in [0.717, 1.165) is 0 Å². The standard InChI is InChI=1S/C2H6N3/c1-5-2(3)4/h3H,1H3,(H2,4,5). The fourth-order valence-corrected chi connectivity index (χ4v) is 0. The van der Waals surface area contributed by atoms with E-state index in [2.05, 4.69) is 4.99 Å². The SMILES string of the molecule is CN=C([NH])N. The van der Waals surface area contributed by atoms with E-state index < -0.39 is 0 Å². The Bertz CT molecular complexity index is 42.9. The summed E-state index contributed by atoms with van der Waals surface area (Å²) >= 11 is 0. The molecule has 0 unspecified atom stereocenters. The van der Waals surface area contributed by atoms with Gasteiger partial charge in [-0.1, -0.05) is 0 Å². The third kappa shape index (κ3) is 3.27. The van der Waals surface area contributed by atoms with Crippen molar-refractivity contribution < 1.29 is 0 Å². The van der Waals surface area contributed by atoms with Crippen LogP contribution in [-0.4, -0.2) is 13.0 Å². The summed E-state index contributed by atoms with van der Waals surface area (Å²) in [5.41, 5.74) is 11.1. The number of nitrogens with one attached hydrogen (secondary N) is 1. The fraction of sp³-hybridized carbons (Fsp3) is 0.500. The summed E-state index contributed by atoms with van der Waals surface area (Å²) in [7, 11) is 1.47. The minimum absolute atomic E-state index is 0.120. The van der Waals surface area contributed by atoms with Crippen molar-refractivity contribution in [3.05, 3.63) is 0 Å². The van der Waals surface area contributed by atoms with Crippen LogP contribution >= 0.6 is 0 Å². The third-order valence-corrected chi connectivity index (χ3v) is 0.241. The molecular formula is C2H6N3. The zero-order chi connectivity index (χ0) is 4.28. The molecule has 0 fully saturated rings. The zero-order valence-corrected chi connectivity index (χ0v) is 3.02. The Morgan fingerprint density at radius 2 is 2.20 bits per heavy atom. The second kappa shape index (κ2) is 1.58. The van der Waals surface area contributed by atoms with Crippen molar-refractivity contribution in [2.45, 2.75) is 0 Å². The van der Waals surface area contributed by atoms with Gasteiger partial charge in [0.25, 0.3) is 0 Å². The molecule has 0 saturated heterocycles. The van der Waals surface area contributed by atoms with Crippen molar-refractivity contribution in [2.24, 2.45) is 10.7 Å². The number of rotatable bonds is 0. The van der Waals surface area contributed by atoms with E-state index in [4.69, 9.17) is 11.5 Å².